The van der Waals surface area contributed by atoms with Crippen LogP contribution in [0.25, 0.3) is 10.9 Å². The SMILES string of the molecule is CCC(C)c1c[nH]c2c(Cl)cccc12. The highest BCUT2D eigenvalue weighted by molar-refractivity contribution is 6.35. The van der Waals surface area contributed by atoms with E-state index in [0.717, 1.165) is 17.0 Å². The number of aromatic amines is 1. The predicted octanol–water partition coefficient (Wildman–Crippen LogP) is 4.33. The molecule has 0 aliphatic carbocycles. The van der Waals surface area contributed by atoms with Gasteiger partial charge in [0.15, 0.2) is 0 Å². The molecule has 14 heavy (non-hydrogen) atoms. The van der Waals surface area contributed by atoms with Crippen LogP contribution >= 0.6 is 11.6 Å². The van der Waals surface area contributed by atoms with Gasteiger partial charge in [0, 0.05) is 11.6 Å². The number of hydrogen-bond donors (Lipinski definition) is 1. The molecule has 0 aliphatic rings. The Morgan fingerprint density at radius 1 is 1.43 bits per heavy atom. The molecule has 1 N–H and O–H groups in total. The third-order valence-corrected chi connectivity index (χ3v) is 3.15. The zero-order chi connectivity index (χ0) is 10.1. The van der Waals surface area contributed by atoms with Gasteiger partial charge in [-0.3, -0.25) is 0 Å². The third kappa shape index (κ3) is 1.42. The Kier molecular flexibility index (Phi) is 2.51. The van der Waals surface area contributed by atoms with Crippen LogP contribution in [-0.4, -0.2) is 4.98 Å². The largest absolute Gasteiger partial charge is 0.360 e. The average Bonchev–Trinajstić information content (AvgIpc) is 2.62. The van der Waals surface area contributed by atoms with E-state index in [4.69, 9.17) is 11.6 Å². The molecule has 0 bridgehead atoms. The summed E-state index contributed by atoms with van der Waals surface area (Å²) < 4.78 is 0. The van der Waals surface area contributed by atoms with E-state index in [1.807, 2.05) is 12.1 Å². The molecule has 0 saturated carbocycles. The van der Waals surface area contributed by atoms with Crippen molar-refractivity contribution in [3.05, 3.63) is 35.0 Å². The first-order chi connectivity index (χ1) is 6.74. The minimum atomic E-state index is 0.585. The maximum Gasteiger partial charge on any atom is 0.0647 e. The Morgan fingerprint density at radius 2 is 2.21 bits per heavy atom. The van der Waals surface area contributed by atoms with Crippen LogP contribution < -0.4 is 0 Å². The second-order valence-electron chi connectivity index (χ2n) is 3.72. The molecule has 0 amide bonds. The maximum absolute atomic E-state index is 6.09. The number of para-hydroxylation sites is 1. The molecule has 2 rings (SSSR count). The number of halogens is 1. The van der Waals surface area contributed by atoms with Crippen molar-refractivity contribution in [2.24, 2.45) is 0 Å². The van der Waals surface area contributed by atoms with Crippen molar-refractivity contribution >= 4 is 22.5 Å². The molecule has 0 aliphatic heterocycles. The van der Waals surface area contributed by atoms with Gasteiger partial charge >= 0.3 is 0 Å². The summed E-state index contributed by atoms with van der Waals surface area (Å²) in [5.74, 6) is 0.585. The van der Waals surface area contributed by atoms with E-state index in [2.05, 4.69) is 31.1 Å². The maximum atomic E-state index is 6.09. The van der Waals surface area contributed by atoms with E-state index in [0.29, 0.717) is 5.92 Å². The molecule has 1 atom stereocenters. The predicted molar refractivity (Wildman–Crippen MR) is 62.0 cm³/mol. The van der Waals surface area contributed by atoms with Gasteiger partial charge in [-0.05, 0) is 24.0 Å². The first kappa shape index (κ1) is 9.60. The summed E-state index contributed by atoms with van der Waals surface area (Å²) in [4.78, 5) is 3.24. The Balaban J connectivity index is 2.63. The summed E-state index contributed by atoms with van der Waals surface area (Å²) in [7, 11) is 0. The van der Waals surface area contributed by atoms with Gasteiger partial charge in [0.2, 0.25) is 0 Å². The first-order valence-corrected chi connectivity index (χ1v) is 5.37. The van der Waals surface area contributed by atoms with Gasteiger partial charge in [-0.1, -0.05) is 37.6 Å². The number of hydrogen-bond acceptors (Lipinski definition) is 0. The molecule has 1 aromatic heterocycles. The second kappa shape index (κ2) is 3.66. The fourth-order valence-corrected chi connectivity index (χ4v) is 2.00. The van der Waals surface area contributed by atoms with E-state index < -0.39 is 0 Å². The van der Waals surface area contributed by atoms with Gasteiger partial charge in [-0.15, -0.1) is 0 Å². The molecular weight excluding hydrogens is 194 g/mol. The first-order valence-electron chi connectivity index (χ1n) is 4.99. The van der Waals surface area contributed by atoms with Crippen LogP contribution in [0.15, 0.2) is 24.4 Å². The summed E-state index contributed by atoms with van der Waals surface area (Å²) in [5, 5.41) is 2.06. The van der Waals surface area contributed by atoms with E-state index >= 15 is 0 Å². The number of nitrogens with one attached hydrogen (secondary N) is 1. The van der Waals surface area contributed by atoms with E-state index in [1.165, 1.54) is 10.9 Å². The van der Waals surface area contributed by atoms with Crippen molar-refractivity contribution in [3.8, 4) is 0 Å². The molecule has 1 aromatic carbocycles. The molecule has 0 saturated heterocycles. The summed E-state index contributed by atoms with van der Waals surface area (Å²) in [6, 6.07) is 6.05. The van der Waals surface area contributed by atoms with Crippen molar-refractivity contribution < 1.29 is 0 Å². The lowest BCUT2D eigenvalue weighted by Crippen LogP contribution is -1.88. The monoisotopic (exact) mass is 207 g/mol. The highest BCUT2D eigenvalue weighted by Crippen LogP contribution is 2.30. The standard InChI is InChI=1S/C12H14ClN/c1-3-8(2)10-7-14-12-9(10)5-4-6-11(12)13/h4-8,14H,3H2,1-2H3. The Bertz CT molecular complexity index is 445. The van der Waals surface area contributed by atoms with Gasteiger partial charge in [-0.25, -0.2) is 0 Å². The summed E-state index contributed by atoms with van der Waals surface area (Å²) >= 11 is 6.09. The van der Waals surface area contributed by atoms with Crippen molar-refractivity contribution in [1.29, 1.82) is 0 Å². The zero-order valence-electron chi connectivity index (χ0n) is 8.47. The van der Waals surface area contributed by atoms with E-state index in [-0.39, 0.29) is 0 Å². The van der Waals surface area contributed by atoms with Crippen LogP contribution in [0.3, 0.4) is 0 Å². The number of rotatable bonds is 2. The highest BCUT2D eigenvalue weighted by atomic mass is 35.5. The summed E-state index contributed by atoms with van der Waals surface area (Å²) in [6.45, 7) is 4.44. The third-order valence-electron chi connectivity index (χ3n) is 2.84. The van der Waals surface area contributed by atoms with Gasteiger partial charge in [0.25, 0.3) is 0 Å². The van der Waals surface area contributed by atoms with Crippen LogP contribution in [0.4, 0.5) is 0 Å². The molecule has 1 heterocycles. The molecule has 0 fully saturated rings. The van der Waals surface area contributed by atoms with Crippen LogP contribution in [0, 0.1) is 0 Å². The van der Waals surface area contributed by atoms with Gasteiger partial charge in [0.1, 0.15) is 0 Å². The van der Waals surface area contributed by atoms with Crippen LogP contribution in [0.2, 0.25) is 5.02 Å². The van der Waals surface area contributed by atoms with Crippen molar-refractivity contribution in [2.45, 2.75) is 26.2 Å². The molecule has 2 heteroatoms. The highest BCUT2D eigenvalue weighted by Gasteiger charge is 2.10. The number of fused-ring (bicyclic) bond motifs is 1. The van der Waals surface area contributed by atoms with Crippen molar-refractivity contribution in [2.75, 3.05) is 0 Å². The Hall–Kier alpha value is -0.950. The molecule has 0 radical (unpaired) electrons. The van der Waals surface area contributed by atoms with Crippen LogP contribution in [-0.2, 0) is 0 Å². The molecule has 2 aromatic rings. The average molecular weight is 208 g/mol. The van der Waals surface area contributed by atoms with E-state index in [1.54, 1.807) is 0 Å². The normalized spacial score (nSPS) is 13.4. The zero-order valence-corrected chi connectivity index (χ0v) is 9.23. The lowest BCUT2D eigenvalue weighted by atomic mass is 9.98. The molecular formula is C12H14ClN. The number of aromatic nitrogens is 1. The Morgan fingerprint density at radius 3 is 2.93 bits per heavy atom. The fraction of sp³-hybridized carbons (Fsp3) is 0.333. The lowest BCUT2D eigenvalue weighted by Gasteiger charge is -2.06. The van der Waals surface area contributed by atoms with Crippen molar-refractivity contribution in [1.82, 2.24) is 4.98 Å². The minimum absolute atomic E-state index is 0.585. The molecule has 0 spiro atoms. The molecule has 1 unspecified atom stereocenters. The van der Waals surface area contributed by atoms with Gasteiger partial charge in [-0.2, -0.15) is 0 Å². The van der Waals surface area contributed by atoms with E-state index in [9.17, 15) is 0 Å². The fourth-order valence-electron chi connectivity index (χ4n) is 1.77. The molecule has 1 nitrogen and oxygen atoms in total. The molecule has 74 valence electrons. The minimum Gasteiger partial charge on any atom is -0.360 e. The smallest absolute Gasteiger partial charge is 0.0647 e. The topological polar surface area (TPSA) is 15.8 Å². The van der Waals surface area contributed by atoms with Crippen molar-refractivity contribution in [3.63, 3.8) is 0 Å². The number of H-pyrrole nitrogens is 1. The second-order valence-corrected chi connectivity index (χ2v) is 4.12. The quantitative estimate of drug-likeness (QED) is 0.754. The van der Waals surface area contributed by atoms with Gasteiger partial charge < -0.3 is 4.98 Å². The van der Waals surface area contributed by atoms with Gasteiger partial charge in [0.05, 0.1) is 10.5 Å². The summed E-state index contributed by atoms with van der Waals surface area (Å²) in [5.41, 5.74) is 2.43. The van der Waals surface area contributed by atoms with Crippen LogP contribution in [0.1, 0.15) is 31.7 Å². The Labute approximate surface area is 89.1 Å². The van der Waals surface area contributed by atoms with Crippen LogP contribution in [0.5, 0.6) is 0 Å². The summed E-state index contributed by atoms with van der Waals surface area (Å²) in [6.07, 6.45) is 3.23. The number of benzene rings is 1. The lowest BCUT2D eigenvalue weighted by molar-refractivity contribution is 0.739.